The van der Waals surface area contributed by atoms with Crippen molar-refractivity contribution in [1.82, 2.24) is 5.32 Å². The summed E-state index contributed by atoms with van der Waals surface area (Å²) in [5.74, 6) is -0.423. The number of fused-ring (bicyclic) bond motifs is 1. The maximum Gasteiger partial charge on any atom is 0.254 e. The summed E-state index contributed by atoms with van der Waals surface area (Å²) in [7, 11) is 0. The van der Waals surface area contributed by atoms with Gasteiger partial charge in [0.2, 0.25) is 5.91 Å². The monoisotopic (exact) mass is 264 g/mol. The van der Waals surface area contributed by atoms with E-state index >= 15 is 0 Å². The van der Waals surface area contributed by atoms with Crippen molar-refractivity contribution in [2.45, 2.75) is 25.8 Å². The topological polar surface area (TPSA) is 49.4 Å². The van der Waals surface area contributed by atoms with Crippen LogP contribution in [0.3, 0.4) is 0 Å². The first kappa shape index (κ1) is 13.5. The van der Waals surface area contributed by atoms with Gasteiger partial charge in [0, 0.05) is 6.54 Å². The molecule has 1 atom stereocenters. The summed E-state index contributed by atoms with van der Waals surface area (Å²) < 4.78 is 12.4. The highest BCUT2D eigenvalue weighted by atomic mass is 19.1. The van der Waals surface area contributed by atoms with E-state index in [2.05, 4.69) is 5.32 Å². The second kappa shape index (κ2) is 5.82. The quantitative estimate of drug-likeness (QED) is 0.903. The Morgan fingerprint density at radius 1 is 1.32 bits per heavy atom. The van der Waals surface area contributed by atoms with Gasteiger partial charge in [0.15, 0.2) is 0 Å². The molecule has 1 heterocycles. The number of para-hydroxylation sites is 1. The summed E-state index contributed by atoms with van der Waals surface area (Å²) in [6.07, 6.45) is 0.787. The van der Waals surface area contributed by atoms with E-state index in [1.165, 1.54) is 4.90 Å². The Kier molecular flexibility index (Phi) is 4.14. The average Bonchev–Trinajstić information content (AvgIpc) is 2.54. The number of halogens is 1. The molecule has 2 amide bonds. The molecule has 1 unspecified atom stereocenters. The molecule has 1 aromatic carbocycles. The van der Waals surface area contributed by atoms with Crippen molar-refractivity contribution in [3.8, 4) is 0 Å². The lowest BCUT2D eigenvalue weighted by molar-refractivity contribution is -0.120. The summed E-state index contributed by atoms with van der Waals surface area (Å²) in [5.41, 5.74) is 1.03. The standard InChI is InChI=1S/C14H17FN2O2/c1-2-11-14(19)17(9-5-8-15)12-7-4-3-6-10(12)13(18)16-11/h3-4,6-7,11H,2,5,8-9H2,1H3,(H,16,18). The van der Waals surface area contributed by atoms with Crippen LogP contribution in [-0.4, -0.2) is 31.1 Å². The molecule has 5 heteroatoms. The third kappa shape index (κ3) is 2.59. The first-order chi connectivity index (χ1) is 9.19. The zero-order valence-electron chi connectivity index (χ0n) is 10.9. The number of alkyl halides is 1. The van der Waals surface area contributed by atoms with Crippen molar-refractivity contribution in [2.24, 2.45) is 0 Å². The lowest BCUT2D eigenvalue weighted by Crippen LogP contribution is -2.45. The fourth-order valence-electron chi connectivity index (χ4n) is 2.23. The van der Waals surface area contributed by atoms with Crippen molar-refractivity contribution in [3.05, 3.63) is 29.8 Å². The molecule has 0 aliphatic carbocycles. The minimum absolute atomic E-state index is 0.172. The van der Waals surface area contributed by atoms with E-state index in [1.54, 1.807) is 24.3 Å². The molecule has 1 aliphatic heterocycles. The van der Waals surface area contributed by atoms with Gasteiger partial charge in [0.25, 0.3) is 5.91 Å². The fraction of sp³-hybridized carbons (Fsp3) is 0.429. The molecule has 1 aromatic rings. The lowest BCUT2D eigenvalue weighted by atomic mass is 10.1. The Balaban J connectivity index is 2.43. The first-order valence-corrected chi connectivity index (χ1v) is 6.46. The van der Waals surface area contributed by atoms with Gasteiger partial charge in [-0.25, -0.2) is 0 Å². The number of rotatable bonds is 4. The fourth-order valence-corrected chi connectivity index (χ4v) is 2.23. The normalized spacial score (nSPS) is 18.8. The van der Waals surface area contributed by atoms with Crippen LogP contribution in [0.15, 0.2) is 24.3 Å². The molecule has 19 heavy (non-hydrogen) atoms. The van der Waals surface area contributed by atoms with Crippen molar-refractivity contribution < 1.29 is 14.0 Å². The van der Waals surface area contributed by atoms with Crippen LogP contribution in [0.5, 0.6) is 0 Å². The molecular weight excluding hydrogens is 247 g/mol. The number of carbonyl (C=O) groups is 2. The molecule has 0 spiro atoms. The minimum atomic E-state index is -0.542. The molecule has 2 rings (SSSR count). The molecule has 0 radical (unpaired) electrons. The van der Waals surface area contributed by atoms with Gasteiger partial charge in [-0.05, 0) is 25.0 Å². The van der Waals surface area contributed by atoms with E-state index in [0.717, 1.165) is 0 Å². The third-order valence-electron chi connectivity index (χ3n) is 3.23. The predicted octanol–water partition coefficient (Wildman–Crippen LogP) is 1.90. The van der Waals surface area contributed by atoms with Crippen molar-refractivity contribution in [3.63, 3.8) is 0 Å². The van der Waals surface area contributed by atoms with Gasteiger partial charge in [-0.2, -0.15) is 0 Å². The van der Waals surface area contributed by atoms with Gasteiger partial charge in [-0.3, -0.25) is 14.0 Å². The van der Waals surface area contributed by atoms with Crippen LogP contribution in [0.4, 0.5) is 10.1 Å². The Morgan fingerprint density at radius 2 is 2.05 bits per heavy atom. The van der Waals surface area contributed by atoms with E-state index in [1.807, 2.05) is 6.92 Å². The maximum atomic E-state index is 12.4. The summed E-state index contributed by atoms with van der Waals surface area (Å²) in [6.45, 7) is 1.65. The van der Waals surface area contributed by atoms with Crippen LogP contribution >= 0.6 is 0 Å². The average molecular weight is 264 g/mol. The van der Waals surface area contributed by atoms with Gasteiger partial charge in [-0.15, -0.1) is 0 Å². The summed E-state index contributed by atoms with van der Waals surface area (Å²) in [5, 5.41) is 2.72. The first-order valence-electron chi connectivity index (χ1n) is 6.46. The van der Waals surface area contributed by atoms with Crippen LogP contribution in [0.1, 0.15) is 30.1 Å². The van der Waals surface area contributed by atoms with E-state index in [0.29, 0.717) is 17.7 Å². The van der Waals surface area contributed by atoms with Gasteiger partial charge >= 0.3 is 0 Å². The number of anilines is 1. The molecule has 0 saturated carbocycles. The Bertz CT molecular complexity index is 490. The SMILES string of the molecule is CCC1NC(=O)c2ccccc2N(CCCF)C1=O. The molecule has 4 nitrogen and oxygen atoms in total. The number of hydrogen-bond acceptors (Lipinski definition) is 2. The van der Waals surface area contributed by atoms with Gasteiger partial charge in [0.1, 0.15) is 6.04 Å². The van der Waals surface area contributed by atoms with E-state index in [-0.39, 0.29) is 24.8 Å². The van der Waals surface area contributed by atoms with Gasteiger partial charge < -0.3 is 10.2 Å². The van der Waals surface area contributed by atoms with Gasteiger partial charge in [-0.1, -0.05) is 19.1 Å². The van der Waals surface area contributed by atoms with Crippen molar-refractivity contribution >= 4 is 17.5 Å². The Labute approximate surface area is 111 Å². The third-order valence-corrected chi connectivity index (χ3v) is 3.23. The Hall–Kier alpha value is -1.91. The zero-order valence-corrected chi connectivity index (χ0v) is 10.9. The van der Waals surface area contributed by atoms with E-state index in [4.69, 9.17) is 0 Å². The van der Waals surface area contributed by atoms with Crippen LogP contribution < -0.4 is 10.2 Å². The van der Waals surface area contributed by atoms with E-state index in [9.17, 15) is 14.0 Å². The highest BCUT2D eigenvalue weighted by molar-refractivity contribution is 6.10. The molecule has 0 aromatic heterocycles. The molecule has 0 saturated heterocycles. The number of hydrogen-bond donors (Lipinski definition) is 1. The predicted molar refractivity (Wildman–Crippen MR) is 70.9 cm³/mol. The number of nitrogens with zero attached hydrogens (tertiary/aromatic N) is 1. The van der Waals surface area contributed by atoms with E-state index < -0.39 is 12.7 Å². The lowest BCUT2D eigenvalue weighted by Gasteiger charge is -2.24. The molecule has 1 N–H and O–H groups in total. The minimum Gasteiger partial charge on any atom is -0.340 e. The van der Waals surface area contributed by atoms with Crippen molar-refractivity contribution in [2.75, 3.05) is 18.1 Å². The van der Waals surface area contributed by atoms with Crippen LogP contribution in [0, 0.1) is 0 Å². The van der Waals surface area contributed by atoms with Crippen molar-refractivity contribution in [1.29, 1.82) is 0 Å². The maximum absolute atomic E-state index is 12.4. The summed E-state index contributed by atoms with van der Waals surface area (Å²) >= 11 is 0. The number of carbonyl (C=O) groups excluding carboxylic acids is 2. The molecule has 0 fully saturated rings. The van der Waals surface area contributed by atoms with Gasteiger partial charge in [0.05, 0.1) is 17.9 Å². The smallest absolute Gasteiger partial charge is 0.254 e. The zero-order chi connectivity index (χ0) is 13.8. The second-order valence-electron chi connectivity index (χ2n) is 4.48. The van der Waals surface area contributed by atoms with Crippen LogP contribution in [0.2, 0.25) is 0 Å². The number of benzene rings is 1. The number of amides is 2. The summed E-state index contributed by atoms with van der Waals surface area (Å²) in [6, 6.07) is 6.39. The number of nitrogens with one attached hydrogen (secondary N) is 1. The van der Waals surface area contributed by atoms with Crippen LogP contribution in [-0.2, 0) is 4.79 Å². The highest BCUT2D eigenvalue weighted by Gasteiger charge is 2.32. The molecular formula is C14H17FN2O2. The molecule has 1 aliphatic rings. The summed E-state index contributed by atoms with van der Waals surface area (Å²) in [4.78, 5) is 26.0. The highest BCUT2D eigenvalue weighted by Crippen LogP contribution is 2.24. The Morgan fingerprint density at radius 3 is 2.74 bits per heavy atom. The van der Waals surface area contributed by atoms with Crippen LogP contribution in [0.25, 0.3) is 0 Å². The second-order valence-corrected chi connectivity index (χ2v) is 4.48. The molecule has 102 valence electrons. The molecule has 0 bridgehead atoms. The largest absolute Gasteiger partial charge is 0.340 e.